The molecule has 2 aromatic heterocycles. The Kier molecular flexibility index (Phi) is 5.42. The third-order valence-electron chi connectivity index (χ3n) is 4.53. The van der Waals surface area contributed by atoms with E-state index in [0.29, 0.717) is 11.3 Å². The van der Waals surface area contributed by atoms with Gasteiger partial charge in [-0.15, -0.1) is 0 Å². The normalized spacial score (nSPS) is 10.9. The highest BCUT2D eigenvalue weighted by molar-refractivity contribution is 9.10. The molecule has 0 bridgehead atoms. The number of aromatic nitrogens is 4. The lowest BCUT2D eigenvalue weighted by Gasteiger charge is -2.12. The number of hydrogen-bond donors (Lipinski definition) is 1. The van der Waals surface area contributed by atoms with Crippen LogP contribution in [0, 0.1) is 6.92 Å². The number of fused-ring (bicyclic) bond motifs is 1. The van der Waals surface area contributed by atoms with Crippen LogP contribution in [0.2, 0.25) is 0 Å². The number of methoxy groups -OCH3 is 1. The molecule has 29 heavy (non-hydrogen) atoms. The van der Waals surface area contributed by atoms with E-state index in [9.17, 15) is 19.2 Å². The zero-order valence-corrected chi connectivity index (χ0v) is 17.7. The number of carbonyl (C=O) groups excluding carboxylic acids is 2. The van der Waals surface area contributed by atoms with Crippen LogP contribution in [0.1, 0.15) is 15.9 Å². The number of hydrogen-bond acceptors (Lipinski definition) is 6. The fourth-order valence-corrected chi connectivity index (χ4v) is 3.41. The van der Waals surface area contributed by atoms with E-state index in [4.69, 9.17) is 4.74 Å². The van der Waals surface area contributed by atoms with Crippen molar-refractivity contribution < 1.29 is 14.3 Å². The number of esters is 1. The highest BCUT2D eigenvalue weighted by atomic mass is 79.9. The maximum atomic E-state index is 12.7. The first-order valence-electron chi connectivity index (χ1n) is 8.46. The second kappa shape index (κ2) is 7.66. The van der Waals surface area contributed by atoms with Gasteiger partial charge in [-0.25, -0.2) is 14.6 Å². The summed E-state index contributed by atoms with van der Waals surface area (Å²) in [5, 5.41) is 2.73. The molecule has 3 rings (SSSR count). The van der Waals surface area contributed by atoms with Gasteiger partial charge in [0.15, 0.2) is 15.9 Å². The van der Waals surface area contributed by atoms with Crippen molar-refractivity contribution in [2.75, 3.05) is 12.4 Å². The van der Waals surface area contributed by atoms with E-state index >= 15 is 0 Å². The second-order valence-electron chi connectivity index (χ2n) is 6.41. The Morgan fingerprint density at radius 3 is 2.55 bits per heavy atom. The summed E-state index contributed by atoms with van der Waals surface area (Å²) in [5.41, 5.74) is 0.708. The number of anilines is 1. The lowest BCUT2D eigenvalue weighted by atomic mass is 10.1. The molecular formula is C18H18BrN5O5. The first-order valence-corrected chi connectivity index (χ1v) is 9.25. The first-order chi connectivity index (χ1) is 13.6. The molecule has 0 saturated carbocycles. The molecule has 0 spiro atoms. The van der Waals surface area contributed by atoms with E-state index in [0.717, 1.165) is 10.1 Å². The average Bonchev–Trinajstić information content (AvgIpc) is 3.02. The Hall–Kier alpha value is -3.21. The third kappa shape index (κ3) is 3.60. The predicted molar refractivity (Wildman–Crippen MR) is 109 cm³/mol. The summed E-state index contributed by atoms with van der Waals surface area (Å²) in [5.74, 6) is -0.946. The van der Waals surface area contributed by atoms with Gasteiger partial charge in [-0.3, -0.25) is 23.3 Å². The van der Waals surface area contributed by atoms with Crippen LogP contribution in [-0.2, 0) is 30.2 Å². The summed E-state index contributed by atoms with van der Waals surface area (Å²) in [6.07, 6.45) is 0. The SMILES string of the molecule is COC(=O)c1ccc(C)c(NC(=O)Cn2c(Br)nc3c(=O)n(C)c(=O)n(C)c32)c1. The van der Waals surface area contributed by atoms with Crippen molar-refractivity contribution in [3.8, 4) is 0 Å². The number of nitrogens with zero attached hydrogens (tertiary/aromatic N) is 4. The van der Waals surface area contributed by atoms with Crippen LogP contribution >= 0.6 is 15.9 Å². The zero-order chi connectivity index (χ0) is 21.5. The molecule has 1 N–H and O–H groups in total. The van der Waals surface area contributed by atoms with Gasteiger partial charge >= 0.3 is 11.7 Å². The largest absolute Gasteiger partial charge is 0.465 e. The molecule has 0 radical (unpaired) electrons. The molecule has 0 fully saturated rings. The van der Waals surface area contributed by atoms with Gasteiger partial charge in [-0.1, -0.05) is 6.07 Å². The Morgan fingerprint density at radius 1 is 1.21 bits per heavy atom. The summed E-state index contributed by atoms with van der Waals surface area (Å²) in [7, 11) is 4.13. The summed E-state index contributed by atoms with van der Waals surface area (Å²) in [6, 6.07) is 4.81. The highest BCUT2D eigenvalue weighted by Gasteiger charge is 2.20. The number of ether oxygens (including phenoxy) is 1. The van der Waals surface area contributed by atoms with Gasteiger partial charge in [0.05, 0.1) is 12.7 Å². The van der Waals surface area contributed by atoms with Crippen LogP contribution in [0.4, 0.5) is 5.69 Å². The number of halogens is 1. The minimum absolute atomic E-state index is 0.0677. The smallest absolute Gasteiger partial charge is 0.337 e. The second-order valence-corrected chi connectivity index (χ2v) is 7.12. The minimum Gasteiger partial charge on any atom is -0.465 e. The third-order valence-corrected chi connectivity index (χ3v) is 5.13. The van der Waals surface area contributed by atoms with Crippen LogP contribution in [0.5, 0.6) is 0 Å². The van der Waals surface area contributed by atoms with Gasteiger partial charge in [0.2, 0.25) is 5.91 Å². The lowest BCUT2D eigenvalue weighted by Crippen LogP contribution is -2.37. The van der Waals surface area contributed by atoms with Crippen molar-refractivity contribution in [3.05, 3.63) is 54.9 Å². The van der Waals surface area contributed by atoms with Gasteiger partial charge < -0.3 is 10.1 Å². The van der Waals surface area contributed by atoms with E-state index in [1.165, 1.54) is 36.4 Å². The number of imidazole rings is 1. The summed E-state index contributed by atoms with van der Waals surface area (Å²) in [6.45, 7) is 1.58. The number of carbonyl (C=O) groups is 2. The van der Waals surface area contributed by atoms with Crippen LogP contribution in [0.15, 0.2) is 32.5 Å². The molecular weight excluding hydrogens is 446 g/mol. The molecule has 0 atom stereocenters. The molecule has 152 valence electrons. The fourth-order valence-electron chi connectivity index (χ4n) is 2.94. The van der Waals surface area contributed by atoms with Gasteiger partial charge in [-0.2, -0.15) is 0 Å². The van der Waals surface area contributed by atoms with Crippen LogP contribution < -0.4 is 16.6 Å². The van der Waals surface area contributed by atoms with E-state index in [1.54, 1.807) is 19.1 Å². The van der Waals surface area contributed by atoms with Crippen molar-refractivity contribution in [2.45, 2.75) is 13.5 Å². The van der Waals surface area contributed by atoms with Crippen molar-refractivity contribution in [1.82, 2.24) is 18.7 Å². The number of nitrogens with one attached hydrogen (secondary N) is 1. The van der Waals surface area contributed by atoms with Crippen LogP contribution in [0.25, 0.3) is 11.2 Å². The van der Waals surface area contributed by atoms with E-state index in [1.807, 2.05) is 0 Å². The Morgan fingerprint density at radius 2 is 1.90 bits per heavy atom. The number of amides is 1. The Balaban J connectivity index is 1.98. The molecule has 0 aliphatic rings. The van der Waals surface area contributed by atoms with Gasteiger partial charge in [-0.05, 0) is 40.5 Å². The van der Waals surface area contributed by atoms with Gasteiger partial charge in [0, 0.05) is 19.8 Å². The molecule has 10 nitrogen and oxygen atoms in total. The number of benzene rings is 1. The van der Waals surface area contributed by atoms with Gasteiger partial charge in [0.25, 0.3) is 5.56 Å². The van der Waals surface area contributed by atoms with Crippen molar-refractivity contribution >= 4 is 44.7 Å². The summed E-state index contributed by atoms with van der Waals surface area (Å²) >= 11 is 3.24. The maximum absolute atomic E-state index is 12.7. The van der Waals surface area contributed by atoms with Crippen LogP contribution in [-0.4, -0.2) is 37.7 Å². The average molecular weight is 464 g/mol. The quantitative estimate of drug-likeness (QED) is 0.454. The molecule has 1 amide bonds. The minimum atomic E-state index is -0.551. The molecule has 3 aromatic rings. The van der Waals surface area contributed by atoms with Crippen molar-refractivity contribution in [2.24, 2.45) is 14.1 Å². The Bertz CT molecular complexity index is 1270. The van der Waals surface area contributed by atoms with Crippen molar-refractivity contribution in [3.63, 3.8) is 0 Å². The summed E-state index contributed by atoms with van der Waals surface area (Å²) < 4.78 is 8.56. The fraction of sp³-hybridized carbons (Fsp3) is 0.278. The standard InChI is InChI=1S/C18H18BrN5O5/c1-9-5-6-10(16(27)29-4)7-11(9)20-12(25)8-24-14-13(21-17(24)19)15(26)23(3)18(28)22(14)2/h5-7H,8H2,1-4H3,(H,20,25). The molecule has 0 saturated heterocycles. The summed E-state index contributed by atoms with van der Waals surface area (Å²) in [4.78, 5) is 53.1. The molecule has 0 aliphatic heterocycles. The molecule has 1 aromatic carbocycles. The van der Waals surface area contributed by atoms with E-state index in [2.05, 4.69) is 26.2 Å². The predicted octanol–water partition coefficient (Wildman–Crippen LogP) is 0.930. The first kappa shape index (κ1) is 20.5. The molecule has 2 heterocycles. The molecule has 0 aliphatic carbocycles. The topological polar surface area (TPSA) is 117 Å². The molecule has 11 heteroatoms. The van der Waals surface area contributed by atoms with E-state index < -0.39 is 23.1 Å². The number of rotatable bonds is 4. The molecule has 0 unspecified atom stereocenters. The van der Waals surface area contributed by atoms with Crippen LogP contribution in [0.3, 0.4) is 0 Å². The lowest BCUT2D eigenvalue weighted by molar-refractivity contribution is -0.116. The zero-order valence-electron chi connectivity index (χ0n) is 16.1. The highest BCUT2D eigenvalue weighted by Crippen LogP contribution is 2.19. The van der Waals surface area contributed by atoms with Crippen molar-refractivity contribution in [1.29, 1.82) is 0 Å². The monoisotopic (exact) mass is 463 g/mol. The van der Waals surface area contributed by atoms with E-state index in [-0.39, 0.29) is 22.4 Å². The Labute approximate surface area is 172 Å². The van der Waals surface area contributed by atoms with Gasteiger partial charge in [0.1, 0.15) is 6.54 Å². The maximum Gasteiger partial charge on any atom is 0.337 e. The number of aryl methyl sites for hydroxylation is 2.